The maximum atomic E-state index is 13.2. The van der Waals surface area contributed by atoms with Gasteiger partial charge in [0.1, 0.15) is 5.82 Å². The molecule has 0 saturated heterocycles. The number of aromatic hydroxyl groups is 1. The van der Waals surface area contributed by atoms with Crippen LogP contribution in [0.25, 0.3) is 10.2 Å². The van der Waals surface area contributed by atoms with Gasteiger partial charge >= 0.3 is 6.01 Å². The molecule has 0 aliphatic rings. The Hall–Kier alpha value is -3.33. The first kappa shape index (κ1) is 16.2. The second kappa shape index (κ2) is 6.89. The first-order valence-electron chi connectivity index (χ1n) is 7.69. The fourth-order valence-corrected chi connectivity index (χ4v) is 3.11. The highest BCUT2D eigenvalue weighted by Gasteiger charge is 2.07. The zero-order valence-corrected chi connectivity index (χ0v) is 14.2. The van der Waals surface area contributed by atoms with E-state index in [4.69, 9.17) is 0 Å². The number of hydrogen-bond donors (Lipinski definition) is 3. The predicted molar refractivity (Wildman–Crippen MR) is 98.1 cm³/mol. The van der Waals surface area contributed by atoms with Gasteiger partial charge in [-0.05, 0) is 35.9 Å². The van der Waals surface area contributed by atoms with Crippen molar-refractivity contribution in [3.63, 3.8) is 0 Å². The van der Waals surface area contributed by atoms with Crippen molar-refractivity contribution in [3.8, 4) is 6.01 Å². The van der Waals surface area contributed by atoms with Gasteiger partial charge in [0.15, 0.2) is 0 Å². The second-order valence-electron chi connectivity index (χ2n) is 5.43. The molecule has 26 heavy (non-hydrogen) atoms. The highest BCUT2D eigenvalue weighted by Crippen LogP contribution is 2.24. The minimum Gasteiger partial charge on any atom is -0.479 e. The van der Waals surface area contributed by atoms with Crippen molar-refractivity contribution < 1.29 is 9.50 Å². The van der Waals surface area contributed by atoms with Gasteiger partial charge < -0.3 is 15.7 Å². The fourth-order valence-electron chi connectivity index (χ4n) is 2.39. The summed E-state index contributed by atoms with van der Waals surface area (Å²) < 4.78 is 14.3. The quantitative estimate of drug-likeness (QED) is 0.494. The normalized spacial score (nSPS) is 10.8. The number of anilines is 3. The van der Waals surface area contributed by atoms with E-state index in [9.17, 15) is 9.50 Å². The van der Waals surface area contributed by atoms with E-state index in [1.54, 1.807) is 17.6 Å². The number of nitrogens with one attached hydrogen (secondary N) is 2. The van der Waals surface area contributed by atoms with Crippen LogP contribution in [0.4, 0.5) is 22.0 Å². The van der Waals surface area contributed by atoms with E-state index in [1.807, 2.05) is 18.2 Å². The second-order valence-corrected chi connectivity index (χ2v) is 6.31. The Kier molecular flexibility index (Phi) is 4.28. The van der Waals surface area contributed by atoms with E-state index in [0.717, 1.165) is 21.5 Å². The summed E-state index contributed by atoms with van der Waals surface area (Å²) in [5.41, 5.74) is 4.19. The van der Waals surface area contributed by atoms with E-state index < -0.39 is 6.01 Å². The van der Waals surface area contributed by atoms with Crippen LogP contribution in [0.3, 0.4) is 0 Å². The minimum atomic E-state index is -0.414. The molecule has 4 rings (SSSR count). The number of aromatic nitrogens is 4. The Morgan fingerprint density at radius 3 is 2.81 bits per heavy atom. The molecule has 3 N–H and O–H groups in total. The fraction of sp³-hybridized carbons (Fsp3) is 0.0588. The largest absolute Gasteiger partial charge is 0.479 e. The molecule has 2 aromatic carbocycles. The van der Waals surface area contributed by atoms with Crippen molar-refractivity contribution in [3.05, 3.63) is 59.4 Å². The van der Waals surface area contributed by atoms with Crippen molar-refractivity contribution in [2.24, 2.45) is 0 Å². The smallest absolute Gasteiger partial charge is 0.320 e. The number of hydrogen-bond acceptors (Lipinski definition) is 8. The molecule has 9 heteroatoms. The van der Waals surface area contributed by atoms with Crippen molar-refractivity contribution in [2.75, 3.05) is 10.6 Å². The van der Waals surface area contributed by atoms with Crippen molar-refractivity contribution in [2.45, 2.75) is 6.54 Å². The number of halogens is 1. The first-order valence-corrected chi connectivity index (χ1v) is 8.57. The number of rotatable bonds is 5. The number of fused-ring (bicyclic) bond motifs is 1. The van der Waals surface area contributed by atoms with Crippen LogP contribution in [-0.2, 0) is 6.54 Å². The summed E-state index contributed by atoms with van der Waals surface area (Å²) >= 11 is 1.53. The Bertz CT molecular complexity index is 1070. The Morgan fingerprint density at radius 1 is 1.04 bits per heavy atom. The summed E-state index contributed by atoms with van der Waals surface area (Å²) in [6.45, 7) is 0.313. The van der Waals surface area contributed by atoms with Crippen molar-refractivity contribution in [1.82, 2.24) is 19.9 Å². The summed E-state index contributed by atoms with van der Waals surface area (Å²) in [5.74, 6) is 0.0647. The van der Waals surface area contributed by atoms with Gasteiger partial charge in [0.05, 0.1) is 15.7 Å². The van der Waals surface area contributed by atoms with Crippen LogP contribution in [0.15, 0.2) is 48.0 Å². The summed E-state index contributed by atoms with van der Waals surface area (Å²) in [4.78, 5) is 16.2. The molecule has 0 saturated carbocycles. The van der Waals surface area contributed by atoms with E-state index in [2.05, 4.69) is 30.6 Å². The number of thiazole rings is 1. The van der Waals surface area contributed by atoms with Gasteiger partial charge in [0.25, 0.3) is 0 Å². The molecule has 0 aliphatic heterocycles. The summed E-state index contributed by atoms with van der Waals surface area (Å²) in [7, 11) is 0. The van der Waals surface area contributed by atoms with E-state index in [0.29, 0.717) is 6.54 Å². The zero-order valence-electron chi connectivity index (χ0n) is 13.3. The maximum Gasteiger partial charge on any atom is 0.320 e. The van der Waals surface area contributed by atoms with E-state index >= 15 is 0 Å². The summed E-state index contributed by atoms with van der Waals surface area (Å²) in [6.07, 6.45) is 0. The lowest BCUT2D eigenvalue weighted by Crippen LogP contribution is -2.07. The Labute approximate surface area is 151 Å². The minimum absolute atomic E-state index is 0.183. The highest BCUT2D eigenvalue weighted by atomic mass is 32.1. The molecule has 130 valence electrons. The molecule has 0 atom stereocenters. The van der Waals surface area contributed by atoms with E-state index in [-0.39, 0.29) is 17.7 Å². The average molecular weight is 368 g/mol. The van der Waals surface area contributed by atoms with Crippen LogP contribution < -0.4 is 10.6 Å². The summed E-state index contributed by atoms with van der Waals surface area (Å²) in [6, 6.07) is 11.4. The lowest BCUT2D eigenvalue weighted by Gasteiger charge is -2.08. The van der Waals surface area contributed by atoms with Crippen molar-refractivity contribution in [1.29, 1.82) is 0 Å². The van der Waals surface area contributed by atoms with Crippen LogP contribution >= 0.6 is 11.3 Å². The average Bonchev–Trinajstić information content (AvgIpc) is 3.07. The molecule has 0 radical (unpaired) electrons. The molecule has 0 spiro atoms. The molecule has 4 aromatic rings. The SMILES string of the molecule is Oc1nc(NCc2cccc(F)c2)nc(Nc2ccc3ncsc3c2)n1. The topological polar surface area (TPSA) is 95.9 Å². The van der Waals surface area contributed by atoms with Gasteiger partial charge in [-0.15, -0.1) is 11.3 Å². The van der Waals surface area contributed by atoms with Crippen LogP contribution in [0.5, 0.6) is 6.01 Å². The van der Waals surface area contributed by atoms with Gasteiger partial charge in [-0.1, -0.05) is 12.1 Å². The molecule has 0 aliphatic carbocycles. The van der Waals surface area contributed by atoms with Gasteiger partial charge in [0, 0.05) is 12.2 Å². The zero-order chi connectivity index (χ0) is 17.9. The molecule has 7 nitrogen and oxygen atoms in total. The van der Waals surface area contributed by atoms with Crippen molar-refractivity contribution >= 4 is 39.1 Å². The molecule has 2 aromatic heterocycles. The van der Waals surface area contributed by atoms with Crippen LogP contribution in [0.2, 0.25) is 0 Å². The Morgan fingerprint density at radius 2 is 1.92 bits per heavy atom. The summed E-state index contributed by atoms with van der Waals surface area (Å²) in [5, 5.41) is 15.7. The molecule has 0 bridgehead atoms. The van der Waals surface area contributed by atoms with Crippen LogP contribution in [-0.4, -0.2) is 25.0 Å². The maximum absolute atomic E-state index is 13.2. The lowest BCUT2D eigenvalue weighted by atomic mass is 10.2. The number of nitrogens with zero attached hydrogens (tertiary/aromatic N) is 4. The molecule has 2 heterocycles. The third-order valence-electron chi connectivity index (χ3n) is 3.55. The molecular formula is C17H13FN6OS. The first-order chi connectivity index (χ1) is 12.7. The standard InChI is InChI=1S/C17H13FN6OS/c18-11-3-1-2-10(6-11)8-19-15-22-16(24-17(25)23-15)21-12-4-5-13-14(7-12)26-9-20-13/h1-7,9H,8H2,(H3,19,21,22,23,24,25). The Balaban J connectivity index is 1.51. The number of benzene rings is 2. The van der Waals surface area contributed by atoms with E-state index in [1.165, 1.54) is 23.5 Å². The molecule has 0 amide bonds. The van der Waals surface area contributed by atoms with Crippen LogP contribution in [0, 0.1) is 5.82 Å². The lowest BCUT2D eigenvalue weighted by molar-refractivity contribution is 0.430. The molecule has 0 unspecified atom stereocenters. The third-order valence-corrected chi connectivity index (χ3v) is 4.34. The highest BCUT2D eigenvalue weighted by molar-refractivity contribution is 7.16. The van der Waals surface area contributed by atoms with Gasteiger partial charge in [0.2, 0.25) is 11.9 Å². The van der Waals surface area contributed by atoms with Gasteiger partial charge in [-0.3, -0.25) is 0 Å². The molecular weight excluding hydrogens is 355 g/mol. The predicted octanol–water partition coefficient (Wildman–Crippen LogP) is 3.68. The molecule has 0 fully saturated rings. The third kappa shape index (κ3) is 3.67. The van der Waals surface area contributed by atoms with Gasteiger partial charge in [-0.25, -0.2) is 9.37 Å². The van der Waals surface area contributed by atoms with Crippen LogP contribution in [0.1, 0.15) is 5.56 Å². The van der Waals surface area contributed by atoms with Gasteiger partial charge in [-0.2, -0.15) is 15.0 Å². The monoisotopic (exact) mass is 368 g/mol.